The van der Waals surface area contributed by atoms with Crippen molar-refractivity contribution in [2.45, 2.75) is 13.8 Å². The van der Waals surface area contributed by atoms with Crippen molar-refractivity contribution in [2.24, 2.45) is 7.05 Å². The lowest BCUT2D eigenvalue weighted by Gasteiger charge is -2.17. The molecule has 0 fully saturated rings. The van der Waals surface area contributed by atoms with Crippen molar-refractivity contribution < 1.29 is 4.74 Å². The standard InChI is InChI=1S/C23H24N8O/c1-6-29(3)23-22-19(30(4)13-25-22)10-21(28-23)31-18-9-17(27-14(2)15(18)12-26-31)16-11-24-8-7-20(16)32-5/h7-13H,6H2,1-5H3. The third-order valence-corrected chi connectivity index (χ3v) is 5.77. The predicted molar refractivity (Wildman–Crippen MR) is 124 cm³/mol. The van der Waals surface area contributed by atoms with E-state index in [2.05, 4.69) is 26.9 Å². The summed E-state index contributed by atoms with van der Waals surface area (Å²) < 4.78 is 9.38. The summed E-state index contributed by atoms with van der Waals surface area (Å²) in [7, 11) is 5.65. The molecule has 0 spiro atoms. The van der Waals surface area contributed by atoms with Gasteiger partial charge in [0.25, 0.3) is 0 Å². The quantitative estimate of drug-likeness (QED) is 0.423. The maximum absolute atomic E-state index is 5.52. The lowest BCUT2D eigenvalue weighted by atomic mass is 10.1. The highest BCUT2D eigenvalue weighted by Gasteiger charge is 2.18. The van der Waals surface area contributed by atoms with Gasteiger partial charge < -0.3 is 14.2 Å². The topological polar surface area (TPSA) is 86.8 Å². The molecule has 5 aromatic heterocycles. The van der Waals surface area contributed by atoms with E-state index in [1.165, 1.54) is 0 Å². The Morgan fingerprint density at radius 2 is 1.97 bits per heavy atom. The maximum Gasteiger partial charge on any atom is 0.159 e. The second kappa shape index (κ2) is 7.60. The van der Waals surface area contributed by atoms with E-state index < -0.39 is 0 Å². The fourth-order valence-electron chi connectivity index (χ4n) is 3.87. The van der Waals surface area contributed by atoms with Crippen molar-refractivity contribution in [1.29, 1.82) is 0 Å². The second-order valence-electron chi connectivity index (χ2n) is 7.70. The van der Waals surface area contributed by atoms with Crippen LogP contribution in [-0.2, 0) is 7.05 Å². The van der Waals surface area contributed by atoms with Crippen LogP contribution in [0.15, 0.2) is 43.1 Å². The van der Waals surface area contributed by atoms with E-state index in [4.69, 9.17) is 14.7 Å². The van der Waals surface area contributed by atoms with Crippen LogP contribution in [0.4, 0.5) is 5.82 Å². The van der Waals surface area contributed by atoms with Crippen LogP contribution in [0, 0.1) is 6.92 Å². The zero-order chi connectivity index (χ0) is 22.4. The second-order valence-corrected chi connectivity index (χ2v) is 7.70. The molecular weight excluding hydrogens is 404 g/mol. The molecule has 0 bridgehead atoms. The fourth-order valence-corrected chi connectivity index (χ4v) is 3.87. The molecule has 0 aliphatic carbocycles. The Bertz CT molecular complexity index is 1450. The van der Waals surface area contributed by atoms with Crippen molar-refractivity contribution >= 4 is 27.8 Å². The van der Waals surface area contributed by atoms with Gasteiger partial charge in [0.1, 0.15) is 11.3 Å². The van der Waals surface area contributed by atoms with Crippen molar-refractivity contribution in [1.82, 2.24) is 34.3 Å². The van der Waals surface area contributed by atoms with Crippen LogP contribution in [-0.4, -0.2) is 55.0 Å². The molecule has 9 nitrogen and oxygen atoms in total. The molecule has 0 N–H and O–H groups in total. The molecule has 0 unspecified atom stereocenters. The zero-order valence-corrected chi connectivity index (χ0v) is 18.7. The first-order valence-electron chi connectivity index (χ1n) is 10.4. The molecule has 162 valence electrons. The van der Waals surface area contributed by atoms with Crippen LogP contribution in [0.3, 0.4) is 0 Å². The Balaban J connectivity index is 1.76. The van der Waals surface area contributed by atoms with E-state index in [0.29, 0.717) is 0 Å². The Morgan fingerprint density at radius 3 is 2.75 bits per heavy atom. The van der Waals surface area contributed by atoms with Gasteiger partial charge >= 0.3 is 0 Å². The van der Waals surface area contributed by atoms with Crippen molar-refractivity contribution in [3.05, 3.63) is 48.8 Å². The van der Waals surface area contributed by atoms with Crippen molar-refractivity contribution in [3.63, 3.8) is 0 Å². The van der Waals surface area contributed by atoms with Crippen LogP contribution >= 0.6 is 0 Å². The molecule has 0 aliphatic rings. The van der Waals surface area contributed by atoms with Gasteiger partial charge in [0.15, 0.2) is 11.6 Å². The lowest BCUT2D eigenvalue weighted by molar-refractivity contribution is 0.416. The number of hydrogen-bond acceptors (Lipinski definition) is 7. The molecule has 0 radical (unpaired) electrons. The number of ether oxygens (including phenoxy) is 1. The molecule has 0 aromatic carbocycles. The van der Waals surface area contributed by atoms with Crippen LogP contribution in [0.2, 0.25) is 0 Å². The van der Waals surface area contributed by atoms with E-state index >= 15 is 0 Å². The number of fused-ring (bicyclic) bond motifs is 2. The maximum atomic E-state index is 5.52. The zero-order valence-electron chi connectivity index (χ0n) is 18.7. The number of aryl methyl sites for hydroxylation is 2. The summed E-state index contributed by atoms with van der Waals surface area (Å²) >= 11 is 0. The summed E-state index contributed by atoms with van der Waals surface area (Å²) in [6.07, 6.45) is 7.11. The summed E-state index contributed by atoms with van der Waals surface area (Å²) in [6, 6.07) is 5.85. The molecule has 5 aromatic rings. The molecule has 32 heavy (non-hydrogen) atoms. The highest BCUT2D eigenvalue weighted by Crippen LogP contribution is 2.32. The molecule has 0 saturated carbocycles. The first kappa shape index (κ1) is 19.9. The number of imidazole rings is 1. The predicted octanol–water partition coefficient (Wildman–Crippen LogP) is 3.54. The summed E-state index contributed by atoms with van der Waals surface area (Å²) in [5.74, 6) is 2.27. The van der Waals surface area contributed by atoms with Gasteiger partial charge in [0.2, 0.25) is 0 Å². The molecule has 5 rings (SSSR count). The Kier molecular flexibility index (Phi) is 4.73. The number of nitrogens with zero attached hydrogens (tertiary/aromatic N) is 8. The average molecular weight is 429 g/mol. The smallest absolute Gasteiger partial charge is 0.159 e. The Labute approximate surface area is 185 Å². The summed E-state index contributed by atoms with van der Waals surface area (Å²) in [6.45, 7) is 4.89. The van der Waals surface area contributed by atoms with E-state index in [9.17, 15) is 0 Å². The minimum atomic E-state index is 0.721. The summed E-state index contributed by atoms with van der Waals surface area (Å²) in [4.78, 5) is 20.6. The molecule has 0 amide bonds. The van der Waals surface area contributed by atoms with Crippen molar-refractivity contribution in [2.75, 3.05) is 25.6 Å². The average Bonchev–Trinajstić information content (AvgIpc) is 3.42. The van der Waals surface area contributed by atoms with E-state index in [0.717, 1.165) is 62.8 Å². The van der Waals surface area contributed by atoms with Crippen LogP contribution in [0.5, 0.6) is 5.75 Å². The first-order valence-corrected chi connectivity index (χ1v) is 10.4. The minimum absolute atomic E-state index is 0.721. The number of anilines is 1. The molecule has 5 heterocycles. The number of pyridine rings is 3. The monoisotopic (exact) mass is 428 g/mol. The molecule has 0 atom stereocenters. The first-order chi connectivity index (χ1) is 15.5. The molecule has 0 aliphatic heterocycles. The van der Waals surface area contributed by atoms with Crippen LogP contribution in [0.1, 0.15) is 12.6 Å². The number of methoxy groups -OCH3 is 1. The van der Waals surface area contributed by atoms with Gasteiger partial charge in [-0.3, -0.25) is 9.97 Å². The highest BCUT2D eigenvalue weighted by atomic mass is 16.5. The van der Waals surface area contributed by atoms with Gasteiger partial charge in [-0.05, 0) is 26.0 Å². The largest absolute Gasteiger partial charge is 0.496 e. The van der Waals surface area contributed by atoms with Gasteiger partial charge in [0, 0.05) is 50.2 Å². The summed E-state index contributed by atoms with van der Waals surface area (Å²) in [5, 5.41) is 5.64. The number of rotatable bonds is 5. The number of aromatic nitrogens is 7. The van der Waals surface area contributed by atoms with Gasteiger partial charge in [-0.2, -0.15) is 5.10 Å². The van der Waals surface area contributed by atoms with E-state index in [1.807, 2.05) is 61.0 Å². The minimum Gasteiger partial charge on any atom is -0.496 e. The van der Waals surface area contributed by atoms with Crippen molar-refractivity contribution in [3.8, 4) is 22.8 Å². The van der Waals surface area contributed by atoms with Gasteiger partial charge in [-0.15, -0.1) is 0 Å². The van der Waals surface area contributed by atoms with Gasteiger partial charge in [-0.25, -0.2) is 14.6 Å². The lowest BCUT2D eigenvalue weighted by Crippen LogP contribution is -2.18. The van der Waals surface area contributed by atoms with E-state index in [1.54, 1.807) is 19.5 Å². The van der Waals surface area contributed by atoms with Crippen LogP contribution in [0.25, 0.3) is 39.0 Å². The SMILES string of the molecule is CCN(C)c1nc(-n2ncc3c(C)nc(-c4cnccc4OC)cc32)cc2c1ncn2C. The van der Waals surface area contributed by atoms with E-state index in [-0.39, 0.29) is 0 Å². The Hall–Kier alpha value is -4.01. The normalized spacial score (nSPS) is 11.4. The fraction of sp³-hybridized carbons (Fsp3) is 0.261. The molecule has 9 heteroatoms. The third kappa shape index (κ3) is 3.05. The van der Waals surface area contributed by atoms with Gasteiger partial charge in [0.05, 0.1) is 41.9 Å². The highest BCUT2D eigenvalue weighted by molar-refractivity contribution is 5.90. The molecule has 0 saturated heterocycles. The third-order valence-electron chi connectivity index (χ3n) is 5.77. The molecular formula is C23H24N8O. The number of hydrogen-bond donors (Lipinski definition) is 0. The van der Waals surface area contributed by atoms with Gasteiger partial charge in [-0.1, -0.05) is 0 Å². The van der Waals surface area contributed by atoms with Crippen LogP contribution < -0.4 is 9.64 Å². The summed E-state index contributed by atoms with van der Waals surface area (Å²) in [5.41, 5.74) is 5.26. The Morgan fingerprint density at radius 1 is 1.12 bits per heavy atom.